The molecule has 28 heavy (non-hydrogen) atoms. The van der Waals surface area contributed by atoms with E-state index in [4.69, 9.17) is 0 Å². The molecule has 4 rings (SSSR count). The fourth-order valence-electron chi connectivity index (χ4n) is 2.59. The van der Waals surface area contributed by atoms with Crippen molar-refractivity contribution in [1.82, 2.24) is 10.2 Å². The van der Waals surface area contributed by atoms with E-state index in [9.17, 15) is 4.79 Å². The van der Waals surface area contributed by atoms with Crippen molar-refractivity contribution < 1.29 is 4.79 Å². The molecule has 1 saturated heterocycles. The van der Waals surface area contributed by atoms with Gasteiger partial charge in [-0.15, -0.1) is 10.2 Å². The van der Waals surface area contributed by atoms with Gasteiger partial charge in [0.05, 0.1) is 10.6 Å². The second kappa shape index (κ2) is 8.33. The van der Waals surface area contributed by atoms with E-state index in [1.54, 1.807) is 4.90 Å². The molecule has 0 radical (unpaired) electrons. The number of carbonyl (C=O) groups is 1. The van der Waals surface area contributed by atoms with Gasteiger partial charge in [-0.2, -0.15) is 4.99 Å². The monoisotopic (exact) mass is 404 g/mol. The maximum Gasteiger partial charge on any atom is 0.271 e. The van der Waals surface area contributed by atoms with Gasteiger partial charge in [0.1, 0.15) is 5.01 Å². The van der Waals surface area contributed by atoms with Gasteiger partial charge in [0.2, 0.25) is 5.13 Å². The van der Waals surface area contributed by atoms with Crippen LogP contribution >= 0.6 is 23.1 Å². The van der Waals surface area contributed by atoms with E-state index >= 15 is 0 Å². The van der Waals surface area contributed by atoms with Crippen LogP contribution in [0.25, 0.3) is 6.08 Å². The first-order valence-electron chi connectivity index (χ1n) is 8.60. The molecule has 1 amide bonds. The number of aliphatic imine (C=N–C) groups is 1. The zero-order chi connectivity index (χ0) is 19.3. The summed E-state index contributed by atoms with van der Waals surface area (Å²) >= 11 is 2.73. The van der Waals surface area contributed by atoms with Gasteiger partial charge in [-0.25, -0.2) is 0 Å². The molecule has 1 aromatic heterocycles. The molecule has 0 N–H and O–H groups in total. The van der Waals surface area contributed by atoms with Gasteiger partial charge in [-0.3, -0.25) is 9.69 Å². The van der Waals surface area contributed by atoms with Gasteiger partial charge in [-0.1, -0.05) is 72.0 Å². The van der Waals surface area contributed by atoms with Crippen LogP contribution in [0.1, 0.15) is 10.6 Å². The van der Waals surface area contributed by atoms with Crippen molar-refractivity contribution >= 4 is 51.1 Å². The highest BCUT2D eigenvalue weighted by Gasteiger charge is 2.34. The Bertz CT molecular complexity index is 1070. The lowest BCUT2D eigenvalue weighted by Gasteiger charge is -2.14. The molecule has 1 aliphatic rings. The highest BCUT2D eigenvalue weighted by atomic mass is 32.2. The van der Waals surface area contributed by atoms with Crippen LogP contribution in [0.2, 0.25) is 0 Å². The fourth-order valence-corrected chi connectivity index (χ4v) is 4.14. The minimum Gasteiger partial charge on any atom is -0.268 e. The van der Waals surface area contributed by atoms with Crippen molar-refractivity contribution in [3.63, 3.8) is 0 Å². The predicted molar refractivity (Wildman–Crippen MR) is 117 cm³/mol. The molecule has 0 aliphatic carbocycles. The van der Waals surface area contributed by atoms with Gasteiger partial charge in [-0.05, 0) is 42.5 Å². The first-order valence-corrected chi connectivity index (χ1v) is 10.2. The molecule has 2 heterocycles. The number of hydrogen-bond donors (Lipinski definition) is 0. The largest absolute Gasteiger partial charge is 0.271 e. The summed E-state index contributed by atoms with van der Waals surface area (Å²) in [7, 11) is 0. The number of benzene rings is 2. The Morgan fingerprint density at radius 1 is 1.00 bits per heavy atom. The summed E-state index contributed by atoms with van der Waals surface area (Å²) in [5, 5.41) is 10.0. The Kier molecular flexibility index (Phi) is 5.45. The van der Waals surface area contributed by atoms with Crippen LogP contribution in [0, 0.1) is 6.92 Å². The van der Waals surface area contributed by atoms with Gasteiger partial charge >= 0.3 is 0 Å². The number of para-hydroxylation sites is 1. The number of anilines is 1. The summed E-state index contributed by atoms with van der Waals surface area (Å²) in [6.45, 7) is 1.88. The van der Waals surface area contributed by atoms with Crippen LogP contribution in [0.3, 0.4) is 0 Å². The summed E-state index contributed by atoms with van der Waals surface area (Å²) in [5.74, 6) is -0.103. The first kappa shape index (κ1) is 18.3. The normalized spacial score (nSPS) is 17.3. The van der Waals surface area contributed by atoms with Crippen LogP contribution in [0.15, 0.2) is 82.7 Å². The number of allylic oxidation sites excluding steroid dienone is 2. The quantitative estimate of drug-likeness (QED) is 0.560. The van der Waals surface area contributed by atoms with Gasteiger partial charge < -0.3 is 0 Å². The molecule has 7 heteroatoms. The summed E-state index contributed by atoms with van der Waals surface area (Å²) in [5.41, 5.74) is 1.85. The fraction of sp³-hybridized carbons (Fsp3) is 0.0476. The second-order valence-electron chi connectivity index (χ2n) is 5.88. The Balaban J connectivity index is 1.67. The van der Waals surface area contributed by atoms with Crippen molar-refractivity contribution in [2.24, 2.45) is 4.99 Å². The number of hydrogen-bond acceptors (Lipinski definition) is 6. The Hall–Kier alpha value is -3.03. The van der Waals surface area contributed by atoms with Crippen molar-refractivity contribution in [3.05, 3.63) is 88.3 Å². The first-order chi connectivity index (χ1) is 13.7. The molecule has 0 spiro atoms. The zero-order valence-corrected chi connectivity index (χ0v) is 16.7. The van der Waals surface area contributed by atoms with Gasteiger partial charge in [0.15, 0.2) is 5.17 Å². The maximum absolute atomic E-state index is 13.0. The Labute approximate surface area is 171 Å². The lowest BCUT2D eigenvalue weighted by Crippen LogP contribution is -2.28. The smallest absolute Gasteiger partial charge is 0.268 e. The van der Waals surface area contributed by atoms with Gasteiger partial charge in [0, 0.05) is 0 Å². The van der Waals surface area contributed by atoms with E-state index in [2.05, 4.69) is 15.2 Å². The van der Waals surface area contributed by atoms with Crippen molar-refractivity contribution in [1.29, 1.82) is 0 Å². The lowest BCUT2D eigenvalue weighted by atomic mass is 10.2. The molecule has 0 saturated carbocycles. The molecule has 1 fully saturated rings. The number of carbonyl (C=O) groups excluding carboxylic acids is 1. The molecule has 2 aromatic carbocycles. The number of nitrogens with zero attached hydrogens (tertiary/aromatic N) is 4. The zero-order valence-electron chi connectivity index (χ0n) is 15.0. The standard InChI is InChI=1S/C21H16N4OS2/c1-15-23-24-20(27-15)22-21-25(17-12-6-3-7-13-17)19(26)18(28-21)14-8-11-16-9-4-2-5-10-16/h2-14H,1H3/b11-8+,18-14-,22-21+. The predicted octanol–water partition coefficient (Wildman–Crippen LogP) is 5.21. The third-order valence-electron chi connectivity index (χ3n) is 3.86. The molecule has 0 atom stereocenters. The molecule has 0 bridgehead atoms. The number of aromatic nitrogens is 2. The topological polar surface area (TPSA) is 58.5 Å². The summed E-state index contributed by atoms with van der Waals surface area (Å²) in [4.78, 5) is 19.8. The maximum atomic E-state index is 13.0. The second-order valence-corrected chi connectivity index (χ2v) is 8.05. The number of amides is 1. The molecule has 3 aromatic rings. The third-order valence-corrected chi connectivity index (χ3v) is 5.58. The van der Waals surface area contributed by atoms with Crippen LogP contribution in [-0.2, 0) is 4.79 Å². The molecule has 0 unspecified atom stereocenters. The number of thioether (sulfide) groups is 1. The van der Waals surface area contributed by atoms with Gasteiger partial charge in [0.25, 0.3) is 5.91 Å². The SMILES string of the molecule is Cc1nnc(/N=C2/S/C(=C\C=C\c3ccccc3)C(=O)N2c2ccccc2)s1. The highest BCUT2D eigenvalue weighted by molar-refractivity contribution is 8.19. The van der Waals surface area contributed by atoms with Crippen LogP contribution in [-0.4, -0.2) is 21.3 Å². The van der Waals surface area contributed by atoms with Crippen LogP contribution < -0.4 is 4.90 Å². The average Bonchev–Trinajstić information content (AvgIpc) is 3.26. The third kappa shape index (κ3) is 4.11. The Morgan fingerprint density at radius 3 is 2.39 bits per heavy atom. The number of amidine groups is 1. The van der Waals surface area contributed by atoms with E-state index in [0.717, 1.165) is 16.3 Å². The van der Waals surface area contributed by atoms with E-state index in [0.29, 0.717) is 15.2 Å². The number of aryl methyl sites for hydroxylation is 1. The molecular weight excluding hydrogens is 388 g/mol. The minimum absolute atomic E-state index is 0.103. The summed E-state index contributed by atoms with van der Waals surface area (Å²) < 4.78 is 0. The van der Waals surface area contributed by atoms with E-state index in [1.807, 2.05) is 85.8 Å². The van der Waals surface area contributed by atoms with Crippen molar-refractivity contribution in [2.45, 2.75) is 6.92 Å². The molecule has 5 nitrogen and oxygen atoms in total. The average molecular weight is 405 g/mol. The molecule has 1 aliphatic heterocycles. The van der Waals surface area contributed by atoms with Crippen molar-refractivity contribution in [2.75, 3.05) is 4.90 Å². The lowest BCUT2D eigenvalue weighted by molar-refractivity contribution is -0.113. The molecular formula is C21H16N4OS2. The van der Waals surface area contributed by atoms with Crippen molar-refractivity contribution in [3.8, 4) is 0 Å². The highest BCUT2D eigenvalue weighted by Crippen LogP contribution is 2.36. The van der Waals surface area contributed by atoms with E-state index < -0.39 is 0 Å². The minimum atomic E-state index is -0.103. The molecule has 138 valence electrons. The van der Waals surface area contributed by atoms with Crippen LogP contribution in [0.4, 0.5) is 10.8 Å². The van der Waals surface area contributed by atoms with E-state index in [-0.39, 0.29) is 5.91 Å². The summed E-state index contributed by atoms with van der Waals surface area (Å²) in [6.07, 6.45) is 5.68. The summed E-state index contributed by atoms with van der Waals surface area (Å²) in [6, 6.07) is 19.5. The number of rotatable bonds is 4. The van der Waals surface area contributed by atoms with Crippen LogP contribution in [0.5, 0.6) is 0 Å². The Morgan fingerprint density at radius 2 is 1.71 bits per heavy atom. The van der Waals surface area contributed by atoms with E-state index in [1.165, 1.54) is 23.1 Å².